The zero-order valence-corrected chi connectivity index (χ0v) is 13.7. The van der Waals surface area contributed by atoms with Gasteiger partial charge in [0.2, 0.25) is 0 Å². The van der Waals surface area contributed by atoms with Gasteiger partial charge in [0.1, 0.15) is 16.2 Å². The van der Waals surface area contributed by atoms with E-state index in [4.69, 9.17) is 20.2 Å². The number of unbranched alkanes of at least 4 members (excludes halogenated alkanes) is 1. The molecular weight excluding hydrogens is 318 g/mol. The molecule has 0 aliphatic heterocycles. The molecule has 0 aliphatic rings. The van der Waals surface area contributed by atoms with E-state index in [1.807, 2.05) is 6.92 Å². The van der Waals surface area contributed by atoms with Crippen LogP contribution in [0.2, 0.25) is 0 Å². The summed E-state index contributed by atoms with van der Waals surface area (Å²) in [6, 6.07) is 2.61. The first-order chi connectivity index (χ1) is 9.86. The van der Waals surface area contributed by atoms with E-state index < -0.39 is 15.0 Å². The number of carbonyl (C=O) groups is 1. The lowest BCUT2D eigenvalue weighted by Crippen LogP contribution is -2.25. The summed E-state index contributed by atoms with van der Waals surface area (Å²) in [6.07, 6.45) is 1.73. The average Bonchev–Trinajstić information content (AvgIpc) is 2.44. The molecule has 0 bridgehead atoms. The van der Waals surface area contributed by atoms with E-state index in [1.54, 1.807) is 0 Å². The molecule has 1 amide bonds. The van der Waals surface area contributed by atoms with Crippen LogP contribution in [0.3, 0.4) is 0 Å². The van der Waals surface area contributed by atoms with Gasteiger partial charge in [-0.05, 0) is 18.6 Å². The number of benzene rings is 1. The molecule has 0 saturated carbocycles. The third kappa shape index (κ3) is 4.25. The lowest BCUT2D eigenvalue weighted by molar-refractivity contribution is 0.0946. The highest BCUT2D eigenvalue weighted by Crippen LogP contribution is 2.36. The van der Waals surface area contributed by atoms with Crippen molar-refractivity contribution in [3.63, 3.8) is 0 Å². The smallest absolute Gasteiger partial charge is 0.265 e. The summed E-state index contributed by atoms with van der Waals surface area (Å²) in [7, 11) is 3.97. The predicted molar refractivity (Wildman–Crippen MR) is 79.8 cm³/mol. The fraction of sp³-hybridized carbons (Fsp3) is 0.462. The highest BCUT2D eigenvalue weighted by atomic mass is 35.7. The minimum Gasteiger partial charge on any atom is -0.496 e. The summed E-state index contributed by atoms with van der Waals surface area (Å²) in [6.45, 7) is 2.47. The van der Waals surface area contributed by atoms with Gasteiger partial charge in [-0.15, -0.1) is 0 Å². The molecular formula is C13H18ClNO5S. The average molecular weight is 336 g/mol. The summed E-state index contributed by atoms with van der Waals surface area (Å²) in [4.78, 5) is 12.0. The Morgan fingerprint density at radius 3 is 2.43 bits per heavy atom. The summed E-state index contributed by atoms with van der Waals surface area (Å²) in [5, 5.41) is 2.69. The molecule has 1 aromatic carbocycles. The minimum atomic E-state index is -4.04. The maximum absolute atomic E-state index is 12.2. The van der Waals surface area contributed by atoms with E-state index in [-0.39, 0.29) is 22.0 Å². The Hall–Kier alpha value is -1.47. The van der Waals surface area contributed by atoms with Crippen LogP contribution in [0.15, 0.2) is 17.0 Å². The number of amides is 1. The molecule has 21 heavy (non-hydrogen) atoms. The van der Waals surface area contributed by atoms with Crippen molar-refractivity contribution >= 4 is 25.6 Å². The lowest BCUT2D eigenvalue weighted by atomic mass is 10.1. The second-order valence-corrected chi connectivity index (χ2v) is 6.76. The van der Waals surface area contributed by atoms with E-state index in [0.29, 0.717) is 6.54 Å². The van der Waals surface area contributed by atoms with Crippen molar-refractivity contribution in [1.82, 2.24) is 5.32 Å². The van der Waals surface area contributed by atoms with Gasteiger partial charge in [0.05, 0.1) is 14.2 Å². The normalized spacial score (nSPS) is 11.0. The van der Waals surface area contributed by atoms with E-state index in [1.165, 1.54) is 26.4 Å². The Morgan fingerprint density at radius 1 is 1.29 bits per heavy atom. The third-order valence-corrected chi connectivity index (χ3v) is 4.16. The summed E-state index contributed by atoms with van der Waals surface area (Å²) < 4.78 is 33.3. The quantitative estimate of drug-likeness (QED) is 0.610. The van der Waals surface area contributed by atoms with Gasteiger partial charge in [-0.2, -0.15) is 0 Å². The molecule has 0 fully saturated rings. The Bertz CT molecular complexity index is 615. The van der Waals surface area contributed by atoms with Crippen LogP contribution in [0.25, 0.3) is 0 Å². The molecule has 0 radical (unpaired) electrons. The molecule has 0 heterocycles. The number of hydrogen-bond acceptors (Lipinski definition) is 5. The largest absolute Gasteiger partial charge is 0.496 e. The Labute approximate surface area is 128 Å². The monoisotopic (exact) mass is 335 g/mol. The minimum absolute atomic E-state index is 0.0119. The van der Waals surface area contributed by atoms with Crippen molar-refractivity contribution < 1.29 is 22.7 Å². The third-order valence-electron chi connectivity index (χ3n) is 2.81. The Balaban J connectivity index is 3.35. The molecule has 0 saturated heterocycles. The Morgan fingerprint density at radius 2 is 1.95 bits per heavy atom. The topological polar surface area (TPSA) is 81.7 Å². The van der Waals surface area contributed by atoms with Gasteiger partial charge in [-0.1, -0.05) is 13.3 Å². The molecule has 0 aliphatic carbocycles. The van der Waals surface area contributed by atoms with Crippen LogP contribution in [0.5, 0.6) is 11.5 Å². The SMILES string of the molecule is CCCCNC(=O)c1c(OC)ccc(S(=O)(=O)Cl)c1OC. The molecule has 1 rings (SSSR count). The first-order valence-electron chi connectivity index (χ1n) is 6.34. The van der Waals surface area contributed by atoms with E-state index in [9.17, 15) is 13.2 Å². The molecule has 0 aromatic heterocycles. The van der Waals surface area contributed by atoms with Gasteiger partial charge >= 0.3 is 0 Å². The van der Waals surface area contributed by atoms with Crippen molar-refractivity contribution in [2.75, 3.05) is 20.8 Å². The number of methoxy groups -OCH3 is 2. The number of ether oxygens (including phenoxy) is 2. The maximum Gasteiger partial charge on any atom is 0.265 e. The second-order valence-electron chi connectivity index (χ2n) is 4.22. The van der Waals surface area contributed by atoms with Gasteiger partial charge in [0, 0.05) is 17.2 Å². The van der Waals surface area contributed by atoms with Crippen LogP contribution < -0.4 is 14.8 Å². The predicted octanol–water partition coefficient (Wildman–Crippen LogP) is 2.16. The zero-order valence-electron chi connectivity index (χ0n) is 12.1. The highest BCUT2D eigenvalue weighted by molar-refractivity contribution is 8.13. The summed E-state index contributed by atoms with van der Waals surface area (Å²) in [5.74, 6) is -0.386. The van der Waals surface area contributed by atoms with Crippen LogP contribution >= 0.6 is 10.7 Å². The zero-order chi connectivity index (χ0) is 16.0. The first kappa shape index (κ1) is 17.6. The highest BCUT2D eigenvalue weighted by Gasteiger charge is 2.26. The van der Waals surface area contributed by atoms with Crippen molar-refractivity contribution in [1.29, 1.82) is 0 Å². The van der Waals surface area contributed by atoms with Gasteiger partial charge in [-0.3, -0.25) is 4.79 Å². The summed E-state index contributed by atoms with van der Waals surface area (Å²) >= 11 is 0. The number of carbonyl (C=O) groups excluding carboxylic acids is 1. The molecule has 1 aromatic rings. The van der Waals surface area contributed by atoms with Gasteiger partial charge in [0.15, 0.2) is 5.75 Å². The molecule has 6 nitrogen and oxygen atoms in total. The molecule has 0 atom stereocenters. The number of hydrogen-bond donors (Lipinski definition) is 1. The van der Waals surface area contributed by atoms with Crippen molar-refractivity contribution in [3.05, 3.63) is 17.7 Å². The van der Waals surface area contributed by atoms with Gasteiger partial charge < -0.3 is 14.8 Å². The van der Waals surface area contributed by atoms with Crippen molar-refractivity contribution in [3.8, 4) is 11.5 Å². The number of nitrogens with one attached hydrogen (secondary N) is 1. The molecule has 8 heteroatoms. The standard InChI is InChI=1S/C13H18ClNO5S/c1-4-5-8-15-13(16)11-9(19-2)6-7-10(12(11)20-3)21(14,17)18/h6-7H,4-5,8H2,1-3H3,(H,15,16). The van der Waals surface area contributed by atoms with E-state index in [0.717, 1.165) is 12.8 Å². The first-order valence-corrected chi connectivity index (χ1v) is 8.65. The van der Waals surface area contributed by atoms with E-state index >= 15 is 0 Å². The molecule has 0 spiro atoms. The van der Waals surface area contributed by atoms with Gasteiger partial charge in [0.25, 0.3) is 15.0 Å². The number of halogens is 1. The fourth-order valence-corrected chi connectivity index (χ4v) is 2.79. The van der Waals surface area contributed by atoms with Crippen LogP contribution in [0.1, 0.15) is 30.1 Å². The molecule has 0 unspecified atom stereocenters. The van der Waals surface area contributed by atoms with Crippen LogP contribution in [0.4, 0.5) is 0 Å². The molecule has 118 valence electrons. The maximum atomic E-state index is 12.2. The summed E-state index contributed by atoms with van der Waals surface area (Å²) in [5.41, 5.74) is 0.0119. The van der Waals surface area contributed by atoms with Crippen LogP contribution in [0, 0.1) is 0 Å². The number of rotatable bonds is 7. The van der Waals surface area contributed by atoms with Gasteiger partial charge in [-0.25, -0.2) is 8.42 Å². The second kappa shape index (κ2) is 7.51. The van der Waals surface area contributed by atoms with Crippen LogP contribution in [-0.4, -0.2) is 35.1 Å². The Kier molecular flexibility index (Phi) is 6.29. The van der Waals surface area contributed by atoms with Crippen molar-refractivity contribution in [2.24, 2.45) is 0 Å². The van der Waals surface area contributed by atoms with Crippen LogP contribution in [-0.2, 0) is 9.05 Å². The fourth-order valence-electron chi connectivity index (χ4n) is 1.79. The molecule has 1 N–H and O–H groups in total. The lowest BCUT2D eigenvalue weighted by Gasteiger charge is -2.15. The van der Waals surface area contributed by atoms with E-state index in [2.05, 4.69) is 5.32 Å². The van der Waals surface area contributed by atoms with Crippen molar-refractivity contribution in [2.45, 2.75) is 24.7 Å².